The van der Waals surface area contributed by atoms with Crippen molar-refractivity contribution in [1.82, 2.24) is 16.0 Å². The minimum Gasteiger partial charge on any atom is -0.311 e. The van der Waals surface area contributed by atoms with Crippen LogP contribution in [0, 0.1) is 0 Å². The van der Waals surface area contributed by atoms with Crippen LogP contribution in [0.3, 0.4) is 0 Å². The summed E-state index contributed by atoms with van der Waals surface area (Å²) in [5.41, 5.74) is 0.455. The lowest BCUT2D eigenvalue weighted by Gasteiger charge is -2.37. The van der Waals surface area contributed by atoms with E-state index in [-0.39, 0.29) is 0 Å². The zero-order chi connectivity index (χ0) is 8.02. The predicted molar refractivity (Wildman–Crippen MR) is 47.9 cm³/mol. The highest BCUT2D eigenvalue weighted by Crippen LogP contribution is 2.34. The summed E-state index contributed by atoms with van der Waals surface area (Å²) in [7, 11) is 0. The highest BCUT2D eigenvalue weighted by atomic mass is 15.2. The van der Waals surface area contributed by atoms with Gasteiger partial charge in [0.25, 0.3) is 0 Å². The first-order chi connectivity index (χ1) is 5.86. The molecule has 3 heterocycles. The zero-order valence-corrected chi connectivity index (χ0v) is 7.40. The van der Waals surface area contributed by atoms with Crippen LogP contribution in [0.2, 0.25) is 0 Å². The molecule has 3 nitrogen and oxygen atoms in total. The molecule has 2 bridgehead atoms. The van der Waals surface area contributed by atoms with Gasteiger partial charge in [0.1, 0.15) is 0 Å². The van der Waals surface area contributed by atoms with Crippen molar-refractivity contribution in [3.8, 4) is 0 Å². The molecule has 3 aliphatic rings. The monoisotopic (exact) mass is 167 g/mol. The van der Waals surface area contributed by atoms with Crippen molar-refractivity contribution in [1.29, 1.82) is 0 Å². The van der Waals surface area contributed by atoms with Gasteiger partial charge in [-0.2, -0.15) is 0 Å². The van der Waals surface area contributed by atoms with Crippen LogP contribution < -0.4 is 16.0 Å². The van der Waals surface area contributed by atoms with Crippen LogP contribution in [0.4, 0.5) is 0 Å². The molecular formula is C9H17N3. The van der Waals surface area contributed by atoms with E-state index in [0.717, 1.165) is 18.8 Å². The number of fused-ring (bicyclic) bond motifs is 2. The summed E-state index contributed by atoms with van der Waals surface area (Å²) < 4.78 is 0. The van der Waals surface area contributed by atoms with E-state index in [0.29, 0.717) is 5.54 Å². The topological polar surface area (TPSA) is 36.1 Å². The van der Waals surface area contributed by atoms with Gasteiger partial charge in [-0.3, -0.25) is 5.32 Å². The molecule has 0 aromatic rings. The van der Waals surface area contributed by atoms with Crippen molar-refractivity contribution in [2.24, 2.45) is 0 Å². The fourth-order valence-electron chi connectivity index (χ4n) is 3.15. The lowest BCUT2D eigenvalue weighted by Crippen LogP contribution is -2.55. The Morgan fingerprint density at radius 2 is 1.83 bits per heavy atom. The molecule has 0 saturated carbocycles. The van der Waals surface area contributed by atoms with Crippen molar-refractivity contribution in [2.75, 3.05) is 13.2 Å². The van der Waals surface area contributed by atoms with E-state index in [1.54, 1.807) is 0 Å². The molecule has 0 aliphatic carbocycles. The molecule has 3 fully saturated rings. The third kappa shape index (κ3) is 1.00. The Labute approximate surface area is 73.3 Å². The largest absolute Gasteiger partial charge is 0.311 e. The van der Waals surface area contributed by atoms with Crippen molar-refractivity contribution < 1.29 is 0 Å². The third-order valence-electron chi connectivity index (χ3n) is 3.66. The fourth-order valence-corrected chi connectivity index (χ4v) is 3.15. The first-order valence-corrected chi connectivity index (χ1v) is 5.08. The molecule has 3 N–H and O–H groups in total. The highest BCUT2D eigenvalue weighted by molar-refractivity contribution is 5.07. The maximum Gasteiger partial charge on any atom is 0.0459 e. The quantitative estimate of drug-likeness (QED) is 0.467. The van der Waals surface area contributed by atoms with Crippen LogP contribution >= 0.6 is 0 Å². The first-order valence-electron chi connectivity index (χ1n) is 5.08. The predicted octanol–water partition coefficient (Wildman–Crippen LogP) is -0.210. The maximum atomic E-state index is 3.67. The van der Waals surface area contributed by atoms with Crippen molar-refractivity contribution in [3.63, 3.8) is 0 Å². The van der Waals surface area contributed by atoms with Crippen LogP contribution in [-0.2, 0) is 0 Å². The molecule has 0 radical (unpaired) electrons. The van der Waals surface area contributed by atoms with Gasteiger partial charge in [0.05, 0.1) is 0 Å². The van der Waals surface area contributed by atoms with Crippen LogP contribution in [0.15, 0.2) is 0 Å². The minimum atomic E-state index is 0.455. The fraction of sp³-hybridized carbons (Fsp3) is 1.00. The zero-order valence-electron chi connectivity index (χ0n) is 7.40. The Bertz CT molecular complexity index is 172. The number of nitrogens with one attached hydrogen (secondary N) is 3. The Morgan fingerprint density at radius 3 is 2.42 bits per heavy atom. The Balaban J connectivity index is 1.80. The Morgan fingerprint density at radius 1 is 1.08 bits per heavy atom. The summed E-state index contributed by atoms with van der Waals surface area (Å²) >= 11 is 0. The van der Waals surface area contributed by atoms with E-state index in [1.807, 2.05) is 0 Å². The molecule has 12 heavy (non-hydrogen) atoms. The van der Waals surface area contributed by atoms with Gasteiger partial charge in [0, 0.05) is 30.8 Å². The average Bonchev–Trinajstić information content (AvgIpc) is 2.60. The SMILES string of the molecule is C1NCC2(CC3CCC(C2)N3)N1. The minimum absolute atomic E-state index is 0.455. The van der Waals surface area contributed by atoms with Gasteiger partial charge in [-0.1, -0.05) is 0 Å². The van der Waals surface area contributed by atoms with Crippen molar-refractivity contribution in [2.45, 2.75) is 43.3 Å². The maximum absolute atomic E-state index is 3.67. The molecule has 2 atom stereocenters. The first kappa shape index (κ1) is 7.30. The highest BCUT2D eigenvalue weighted by Gasteiger charge is 2.44. The van der Waals surface area contributed by atoms with Gasteiger partial charge >= 0.3 is 0 Å². The molecule has 3 aliphatic heterocycles. The van der Waals surface area contributed by atoms with Crippen molar-refractivity contribution in [3.05, 3.63) is 0 Å². The van der Waals surface area contributed by atoms with E-state index in [2.05, 4.69) is 16.0 Å². The molecule has 3 saturated heterocycles. The molecule has 2 unspecified atom stereocenters. The van der Waals surface area contributed by atoms with Gasteiger partial charge in [-0.25, -0.2) is 0 Å². The molecule has 0 amide bonds. The molecule has 68 valence electrons. The number of rotatable bonds is 0. The second-order valence-electron chi connectivity index (χ2n) is 4.61. The van der Waals surface area contributed by atoms with E-state index in [4.69, 9.17) is 0 Å². The van der Waals surface area contributed by atoms with Gasteiger partial charge in [0.15, 0.2) is 0 Å². The second kappa shape index (κ2) is 2.44. The summed E-state index contributed by atoms with van der Waals surface area (Å²) in [6, 6.07) is 1.60. The van der Waals surface area contributed by atoms with Crippen LogP contribution in [-0.4, -0.2) is 30.8 Å². The van der Waals surface area contributed by atoms with Crippen LogP contribution in [0.5, 0.6) is 0 Å². The average molecular weight is 167 g/mol. The number of hydrogen-bond acceptors (Lipinski definition) is 3. The molecular weight excluding hydrogens is 150 g/mol. The van der Waals surface area contributed by atoms with Gasteiger partial charge in [0.2, 0.25) is 0 Å². The molecule has 3 rings (SSSR count). The standard InChI is InChI=1S/C9H17N3/c1-2-8-4-9(3-7(1)12-8)5-10-6-11-9/h7-8,10-12H,1-6H2. The van der Waals surface area contributed by atoms with Crippen LogP contribution in [0.25, 0.3) is 0 Å². The number of hydrogen-bond donors (Lipinski definition) is 3. The van der Waals surface area contributed by atoms with Gasteiger partial charge < -0.3 is 10.6 Å². The normalized spacial score (nSPS) is 52.0. The molecule has 1 spiro atoms. The van der Waals surface area contributed by atoms with E-state index in [1.165, 1.54) is 32.2 Å². The summed E-state index contributed by atoms with van der Waals surface area (Å²) in [5.74, 6) is 0. The molecule has 0 aromatic carbocycles. The second-order valence-corrected chi connectivity index (χ2v) is 4.61. The van der Waals surface area contributed by atoms with Crippen LogP contribution in [0.1, 0.15) is 25.7 Å². The Hall–Kier alpha value is -0.120. The Kier molecular flexibility index (Phi) is 1.48. The lowest BCUT2D eigenvalue weighted by atomic mass is 9.85. The van der Waals surface area contributed by atoms with Crippen molar-refractivity contribution >= 4 is 0 Å². The molecule has 0 aromatic heterocycles. The smallest absolute Gasteiger partial charge is 0.0459 e. The summed E-state index contributed by atoms with van der Waals surface area (Å²) in [5, 5.41) is 10.7. The lowest BCUT2D eigenvalue weighted by molar-refractivity contribution is 0.238. The van der Waals surface area contributed by atoms with Gasteiger partial charge in [-0.15, -0.1) is 0 Å². The van der Waals surface area contributed by atoms with E-state index >= 15 is 0 Å². The summed E-state index contributed by atoms with van der Waals surface area (Å²) in [4.78, 5) is 0. The summed E-state index contributed by atoms with van der Waals surface area (Å²) in [6.07, 6.45) is 5.45. The molecule has 3 heteroatoms. The van der Waals surface area contributed by atoms with E-state index < -0.39 is 0 Å². The third-order valence-corrected chi connectivity index (χ3v) is 3.66. The number of piperidine rings is 1. The summed E-state index contributed by atoms with van der Waals surface area (Å²) in [6.45, 7) is 2.20. The van der Waals surface area contributed by atoms with Gasteiger partial charge in [-0.05, 0) is 25.7 Å². The van der Waals surface area contributed by atoms with E-state index in [9.17, 15) is 0 Å².